The van der Waals surface area contributed by atoms with Crippen LogP contribution in [0.5, 0.6) is 5.88 Å². The third-order valence-electron chi connectivity index (χ3n) is 2.44. The lowest BCUT2D eigenvalue weighted by atomic mass is 10.2. The van der Waals surface area contributed by atoms with E-state index in [9.17, 15) is 4.79 Å². The number of carbonyl (C=O) groups is 1. The van der Waals surface area contributed by atoms with Gasteiger partial charge in [-0.3, -0.25) is 4.79 Å². The molecule has 0 aliphatic carbocycles. The first-order valence-electron chi connectivity index (χ1n) is 5.49. The van der Waals surface area contributed by atoms with E-state index in [1.54, 1.807) is 25.3 Å². The predicted molar refractivity (Wildman–Crippen MR) is 65.5 cm³/mol. The summed E-state index contributed by atoms with van der Waals surface area (Å²) in [7, 11) is 4.50. The van der Waals surface area contributed by atoms with Crippen LogP contribution < -0.4 is 10.1 Å². The predicted octanol–water partition coefficient (Wildman–Crippen LogP) is 0.827. The topological polar surface area (TPSA) is 69.7 Å². The number of pyridine rings is 1. The van der Waals surface area contributed by atoms with Gasteiger partial charge in [0.05, 0.1) is 13.2 Å². The zero-order valence-corrected chi connectivity index (χ0v) is 11.0. The number of amides is 1. The zero-order valence-electron chi connectivity index (χ0n) is 11.0. The molecule has 0 fully saturated rings. The molecule has 0 saturated carbocycles. The van der Waals surface area contributed by atoms with Gasteiger partial charge < -0.3 is 19.5 Å². The van der Waals surface area contributed by atoms with E-state index in [1.165, 1.54) is 21.3 Å². The second kappa shape index (κ2) is 6.93. The molecule has 0 aromatic carbocycles. The molecule has 0 bridgehead atoms. The van der Waals surface area contributed by atoms with Gasteiger partial charge in [-0.15, -0.1) is 0 Å². The van der Waals surface area contributed by atoms with Crippen molar-refractivity contribution in [1.29, 1.82) is 0 Å². The van der Waals surface area contributed by atoms with Crippen molar-refractivity contribution in [3.05, 3.63) is 23.9 Å². The fourth-order valence-electron chi connectivity index (χ4n) is 1.58. The second-order valence-corrected chi connectivity index (χ2v) is 3.66. The summed E-state index contributed by atoms with van der Waals surface area (Å²) >= 11 is 0. The van der Waals surface area contributed by atoms with Crippen LogP contribution in [0.1, 0.15) is 17.3 Å². The highest BCUT2D eigenvalue weighted by atomic mass is 16.7. The molecule has 0 radical (unpaired) electrons. The lowest BCUT2D eigenvalue weighted by Gasteiger charge is -2.22. The van der Waals surface area contributed by atoms with Gasteiger partial charge in [-0.25, -0.2) is 4.98 Å². The molecule has 0 aliphatic heterocycles. The van der Waals surface area contributed by atoms with Gasteiger partial charge in [0, 0.05) is 20.4 Å². The van der Waals surface area contributed by atoms with E-state index in [1.807, 2.05) is 0 Å². The first-order valence-corrected chi connectivity index (χ1v) is 5.49. The number of nitrogens with zero attached hydrogens (tertiary/aromatic N) is 1. The Hall–Kier alpha value is -1.66. The smallest absolute Gasteiger partial charge is 0.257 e. The molecule has 100 valence electrons. The molecule has 1 N–H and O–H groups in total. The van der Waals surface area contributed by atoms with Crippen molar-refractivity contribution in [2.75, 3.05) is 21.3 Å². The van der Waals surface area contributed by atoms with Gasteiger partial charge >= 0.3 is 0 Å². The monoisotopic (exact) mass is 254 g/mol. The van der Waals surface area contributed by atoms with E-state index < -0.39 is 6.29 Å². The van der Waals surface area contributed by atoms with Gasteiger partial charge in [0.15, 0.2) is 6.29 Å². The highest BCUT2D eigenvalue weighted by Gasteiger charge is 2.20. The molecule has 0 spiro atoms. The van der Waals surface area contributed by atoms with E-state index in [-0.39, 0.29) is 17.8 Å². The van der Waals surface area contributed by atoms with Crippen LogP contribution in [0.2, 0.25) is 0 Å². The maximum Gasteiger partial charge on any atom is 0.257 e. The molecule has 1 rings (SSSR count). The van der Waals surface area contributed by atoms with Crippen molar-refractivity contribution in [2.24, 2.45) is 0 Å². The molecule has 6 nitrogen and oxygen atoms in total. The molecule has 1 amide bonds. The average molecular weight is 254 g/mol. The molecular formula is C12H18N2O4. The number of methoxy groups -OCH3 is 3. The summed E-state index contributed by atoms with van der Waals surface area (Å²) in [4.78, 5) is 16.0. The van der Waals surface area contributed by atoms with E-state index in [0.717, 1.165) is 0 Å². The Bertz CT molecular complexity index is 393. The minimum atomic E-state index is -0.503. The molecule has 18 heavy (non-hydrogen) atoms. The molecule has 0 aliphatic rings. The van der Waals surface area contributed by atoms with Crippen LogP contribution in [0, 0.1) is 0 Å². The standard InChI is InChI=1S/C12H18N2O4/c1-8(12(17-3)18-4)14-10(15)9-6-5-7-13-11(9)16-2/h5-8,12H,1-4H3,(H,14,15). The minimum Gasteiger partial charge on any atom is -0.480 e. The summed E-state index contributed by atoms with van der Waals surface area (Å²) in [6.07, 6.45) is 1.06. The quantitative estimate of drug-likeness (QED) is 0.761. The van der Waals surface area contributed by atoms with Crippen LogP contribution in [-0.2, 0) is 9.47 Å². The largest absolute Gasteiger partial charge is 0.480 e. The van der Waals surface area contributed by atoms with Crippen molar-refractivity contribution in [3.63, 3.8) is 0 Å². The fourth-order valence-corrected chi connectivity index (χ4v) is 1.58. The van der Waals surface area contributed by atoms with Crippen LogP contribution in [0.25, 0.3) is 0 Å². The number of carbonyl (C=O) groups excluding carboxylic acids is 1. The normalized spacial score (nSPS) is 12.3. The van der Waals surface area contributed by atoms with Crippen molar-refractivity contribution >= 4 is 5.91 Å². The van der Waals surface area contributed by atoms with E-state index in [2.05, 4.69) is 10.3 Å². The van der Waals surface area contributed by atoms with Crippen molar-refractivity contribution in [2.45, 2.75) is 19.3 Å². The van der Waals surface area contributed by atoms with E-state index in [4.69, 9.17) is 14.2 Å². The maximum atomic E-state index is 12.0. The summed E-state index contributed by atoms with van der Waals surface area (Å²) in [6.45, 7) is 1.79. The van der Waals surface area contributed by atoms with Crippen molar-refractivity contribution in [3.8, 4) is 5.88 Å². The third-order valence-corrected chi connectivity index (χ3v) is 2.44. The summed E-state index contributed by atoms with van der Waals surface area (Å²) in [6, 6.07) is 3.02. The summed E-state index contributed by atoms with van der Waals surface area (Å²) in [5, 5.41) is 2.76. The summed E-state index contributed by atoms with van der Waals surface area (Å²) in [5.74, 6) is 0.000124. The molecule has 1 atom stereocenters. The van der Waals surface area contributed by atoms with Crippen LogP contribution in [0.3, 0.4) is 0 Å². The maximum absolute atomic E-state index is 12.0. The number of hydrogen-bond donors (Lipinski definition) is 1. The van der Waals surface area contributed by atoms with Gasteiger partial charge in [0.25, 0.3) is 5.91 Å². The fraction of sp³-hybridized carbons (Fsp3) is 0.500. The van der Waals surface area contributed by atoms with Gasteiger partial charge in [-0.2, -0.15) is 0 Å². The van der Waals surface area contributed by atoms with Gasteiger partial charge in [0.2, 0.25) is 5.88 Å². The molecule has 1 unspecified atom stereocenters. The Morgan fingerprint density at radius 3 is 2.56 bits per heavy atom. The Balaban J connectivity index is 2.76. The van der Waals surface area contributed by atoms with Gasteiger partial charge in [0.1, 0.15) is 5.56 Å². The Morgan fingerprint density at radius 1 is 1.33 bits per heavy atom. The molecule has 1 heterocycles. The molecule has 0 saturated heterocycles. The van der Waals surface area contributed by atoms with Gasteiger partial charge in [-0.1, -0.05) is 0 Å². The molecule has 1 aromatic rings. The van der Waals surface area contributed by atoms with Crippen molar-refractivity contribution < 1.29 is 19.0 Å². The third kappa shape index (κ3) is 3.41. The Kier molecular flexibility index (Phi) is 5.54. The molecular weight excluding hydrogens is 236 g/mol. The number of rotatable bonds is 6. The Morgan fingerprint density at radius 2 is 2.00 bits per heavy atom. The number of nitrogens with one attached hydrogen (secondary N) is 1. The SMILES string of the molecule is COc1ncccc1C(=O)NC(C)C(OC)OC. The van der Waals surface area contributed by atoms with Crippen LogP contribution >= 0.6 is 0 Å². The Labute approximate surface area is 106 Å². The number of ether oxygens (including phenoxy) is 3. The highest BCUT2D eigenvalue weighted by Crippen LogP contribution is 2.13. The first kappa shape index (κ1) is 14.4. The minimum absolute atomic E-state index is 0.286. The van der Waals surface area contributed by atoms with E-state index in [0.29, 0.717) is 5.56 Å². The van der Waals surface area contributed by atoms with Gasteiger partial charge in [-0.05, 0) is 19.1 Å². The molecule has 1 aromatic heterocycles. The number of aromatic nitrogens is 1. The van der Waals surface area contributed by atoms with Crippen molar-refractivity contribution in [1.82, 2.24) is 10.3 Å². The lowest BCUT2D eigenvalue weighted by Crippen LogP contribution is -2.43. The van der Waals surface area contributed by atoms with E-state index >= 15 is 0 Å². The average Bonchev–Trinajstić information content (AvgIpc) is 2.40. The first-order chi connectivity index (χ1) is 8.63. The molecule has 6 heteroatoms. The van der Waals surface area contributed by atoms with Crippen LogP contribution in [-0.4, -0.2) is 44.6 Å². The van der Waals surface area contributed by atoms with Crippen LogP contribution in [0.4, 0.5) is 0 Å². The highest BCUT2D eigenvalue weighted by molar-refractivity contribution is 5.96. The summed E-state index contributed by atoms with van der Waals surface area (Å²) in [5.41, 5.74) is 0.373. The number of hydrogen-bond acceptors (Lipinski definition) is 5. The zero-order chi connectivity index (χ0) is 13.5. The lowest BCUT2D eigenvalue weighted by molar-refractivity contribution is -0.117. The second-order valence-electron chi connectivity index (χ2n) is 3.66. The van der Waals surface area contributed by atoms with Crippen LogP contribution in [0.15, 0.2) is 18.3 Å². The summed E-state index contributed by atoms with van der Waals surface area (Å²) < 4.78 is 15.2.